The number of amides is 1. The number of nitro groups is 1. The summed E-state index contributed by atoms with van der Waals surface area (Å²) in [4.78, 5) is 21.9. The van der Waals surface area contributed by atoms with E-state index in [1.165, 1.54) is 0 Å². The highest BCUT2D eigenvalue weighted by atomic mass is 16.6. The predicted molar refractivity (Wildman–Crippen MR) is 73.6 cm³/mol. The molecule has 0 aliphatic carbocycles. The van der Waals surface area contributed by atoms with Gasteiger partial charge in [0.1, 0.15) is 5.69 Å². The minimum atomic E-state index is -0.413. The SMILES string of the molecule is CCCn1nc(C)c([N+](=O)[O-])c1NCC1CCC(=O)N1. The van der Waals surface area contributed by atoms with Crippen LogP contribution in [-0.2, 0) is 11.3 Å². The molecule has 1 aromatic heterocycles. The molecule has 2 heterocycles. The maximum atomic E-state index is 11.2. The van der Waals surface area contributed by atoms with Gasteiger partial charge in [0.2, 0.25) is 11.7 Å². The molecule has 110 valence electrons. The second-order valence-electron chi connectivity index (χ2n) is 4.95. The molecule has 2 N–H and O–H groups in total. The Morgan fingerprint density at radius 3 is 2.90 bits per heavy atom. The van der Waals surface area contributed by atoms with Gasteiger partial charge in [0.05, 0.1) is 4.92 Å². The first kappa shape index (κ1) is 14.3. The maximum absolute atomic E-state index is 11.2. The monoisotopic (exact) mass is 281 g/mol. The standard InChI is InChI=1S/C12H19N5O3/c1-3-6-16-12(11(17(19)20)8(2)15-16)13-7-9-4-5-10(18)14-9/h9,13H,3-7H2,1-2H3,(H,14,18). The third kappa shape index (κ3) is 2.89. The van der Waals surface area contributed by atoms with Crippen LogP contribution in [0.2, 0.25) is 0 Å². The molecule has 1 aliphatic rings. The van der Waals surface area contributed by atoms with E-state index in [0.717, 1.165) is 12.8 Å². The van der Waals surface area contributed by atoms with E-state index in [-0.39, 0.29) is 17.6 Å². The first-order valence-corrected chi connectivity index (χ1v) is 6.78. The first-order chi connectivity index (χ1) is 9.52. The van der Waals surface area contributed by atoms with Crippen LogP contribution in [0.25, 0.3) is 0 Å². The van der Waals surface area contributed by atoms with Crippen molar-refractivity contribution in [3.05, 3.63) is 15.8 Å². The summed E-state index contributed by atoms with van der Waals surface area (Å²) in [6.07, 6.45) is 2.11. The van der Waals surface area contributed by atoms with Crippen LogP contribution in [0, 0.1) is 17.0 Å². The van der Waals surface area contributed by atoms with Crippen molar-refractivity contribution >= 4 is 17.4 Å². The first-order valence-electron chi connectivity index (χ1n) is 6.78. The van der Waals surface area contributed by atoms with E-state index in [4.69, 9.17) is 0 Å². The molecule has 1 fully saturated rings. The Hall–Kier alpha value is -2.12. The Labute approximate surface area is 116 Å². The highest BCUT2D eigenvalue weighted by Gasteiger charge is 2.27. The van der Waals surface area contributed by atoms with Crippen LogP contribution < -0.4 is 10.6 Å². The van der Waals surface area contributed by atoms with Gasteiger partial charge in [0.25, 0.3) is 0 Å². The number of hydrogen-bond acceptors (Lipinski definition) is 5. The molecule has 1 unspecified atom stereocenters. The molecule has 20 heavy (non-hydrogen) atoms. The zero-order valence-electron chi connectivity index (χ0n) is 11.7. The predicted octanol–water partition coefficient (Wildman–Crippen LogP) is 1.20. The lowest BCUT2D eigenvalue weighted by Gasteiger charge is -2.13. The van der Waals surface area contributed by atoms with Crippen molar-refractivity contribution in [3.63, 3.8) is 0 Å². The number of nitrogens with one attached hydrogen (secondary N) is 2. The van der Waals surface area contributed by atoms with Crippen LogP contribution in [0.15, 0.2) is 0 Å². The minimum Gasteiger partial charge on any atom is -0.362 e. The van der Waals surface area contributed by atoms with Crippen molar-refractivity contribution in [1.82, 2.24) is 15.1 Å². The number of rotatable bonds is 6. The summed E-state index contributed by atoms with van der Waals surface area (Å²) in [5, 5.41) is 21.3. The molecule has 0 radical (unpaired) electrons. The van der Waals surface area contributed by atoms with Gasteiger partial charge in [-0.15, -0.1) is 0 Å². The largest absolute Gasteiger partial charge is 0.362 e. The van der Waals surface area contributed by atoms with Gasteiger partial charge in [-0.05, 0) is 19.8 Å². The molecular weight excluding hydrogens is 262 g/mol. The maximum Gasteiger partial charge on any atom is 0.333 e. The summed E-state index contributed by atoms with van der Waals surface area (Å²) in [5.41, 5.74) is 0.421. The number of anilines is 1. The van der Waals surface area contributed by atoms with Gasteiger partial charge in [-0.1, -0.05) is 6.92 Å². The molecule has 2 rings (SSSR count). The van der Waals surface area contributed by atoms with Crippen LogP contribution in [0.5, 0.6) is 0 Å². The smallest absolute Gasteiger partial charge is 0.333 e. The summed E-state index contributed by atoms with van der Waals surface area (Å²) < 4.78 is 1.63. The quantitative estimate of drug-likeness (QED) is 0.602. The van der Waals surface area contributed by atoms with E-state index in [1.54, 1.807) is 11.6 Å². The molecule has 0 saturated carbocycles. The van der Waals surface area contributed by atoms with Crippen molar-refractivity contribution in [2.45, 2.75) is 45.7 Å². The Morgan fingerprint density at radius 1 is 1.60 bits per heavy atom. The summed E-state index contributed by atoms with van der Waals surface area (Å²) in [6, 6.07) is 0.0207. The normalized spacial score (nSPS) is 18.1. The molecule has 0 bridgehead atoms. The molecule has 0 aromatic carbocycles. The van der Waals surface area contributed by atoms with Crippen molar-refractivity contribution in [3.8, 4) is 0 Å². The van der Waals surface area contributed by atoms with Gasteiger partial charge in [-0.25, -0.2) is 4.68 Å². The number of carbonyl (C=O) groups excluding carboxylic acids is 1. The molecule has 1 saturated heterocycles. The van der Waals surface area contributed by atoms with Crippen molar-refractivity contribution < 1.29 is 9.72 Å². The molecule has 8 heteroatoms. The Morgan fingerprint density at radius 2 is 2.35 bits per heavy atom. The summed E-state index contributed by atoms with van der Waals surface area (Å²) in [6.45, 7) is 4.71. The van der Waals surface area contributed by atoms with Crippen molar-refractivity contribution in [2.75, 3.05) is 11.9 Å². The highest BCUT2D eigenvalue weighted by molar-refractivity contribution is 5.78. The molecule has 1 amide bonds. The third-order valence-corrected chi connectivity index (χ3v) is 3.31. The summed E-state index contributed by atoms with van der Waals surface area (Å²) in [7, 11) is 0. The number of nitrogens with zero attached hydrogens (tertiary/aromatic N) is 3. The molecule has 1 atom stereocenters. The average Bonchev–Trinajstić information content (AvgIpc) is 2.91. The fourth-order valence-electron chi connectivity index (χ4n) is 2.39. The van der Waals surface area contributed by atoms with E-state index in [2.05, 4.69) is 15.7 Å². The van der Waals surface area contributed by atoms with Crippen LogP contribution in [0.4, 0.5) is 11.5 Å². The Balaban J connectivity index is 2.15. The van der Waals surface area contributed by atoms with E-state index in [1.807, 2.05) is 6.92 Å². The van der Waals surface area contributed by atoms with Gasteiger partial charge >= 0.3 is 5.69 Å². The van der Waals surface area contributed by atoms with Crippen LogP contribution in [0.3, 0.4) is 0 Å². The average molecular weight is 281 g/mol. The fourth-order valence-corrected chi connectivity index (χ4v) is 2.39. The molecule has 1 aromatic rings. The van der Waals surface area contributed by atoms with Gasteiger partial charge < -0.3 is 10.6 Å². The number of hydrogen-bond donors (Lipinski definition) is 2. The number of aromatic nitrogens is 2. The van der Waals surface area contributed by atoms with Crippen molar-refractivity contribution in [2.24, 2.45) is 0 Å². The lowest BCUT2D eigenvalue weighted by molar-refractivity contribution is -0.384. The van der Waals surface area contributed by atoms with Gasteiger partial charge in [0, 0.05) is 25.6 Å². The second-order valence-corrected chi connectivity index (χ2v) is 4.95. The van der Waals surface area contributed by atoms with E-state index < -0.39 is 4.92 Å². The zero-order chi connectivity index (χ0) is 14.7. The van der Waals surface area contributed by atoms with E-state index in [0.29, 0.717) is 31.0 Å². The van der Waals surface area contributed by atoms with Crippen LogP contribution >= 0.6 is 0 Å². The van der Waals surface area contributed by atoms with Crippen LogP contribution in [0.1, 0.15) is 31.9 Å². The summed E-state index contributed by atoms with van der Waals surface area (Å²) in [5.74, 6) is 0.458. The molecule has 0 spiro atoms. The topological polar surface area (TPSA) is 102 Å². The fraction of sp³-hybridized carbons (Fsp3) is 0.667. The third-order valence-electron chi connectivity index (χ3n) is 3.31. The molecule has 8 nitrogen and oxygen atoms in total. The molecular formula is C12H19N5O3. The van der Waals surface area contributed by atoms with Gasteiger partial charge in [0.15, 0.2) is 0 Å². The zero-order valence-corrected chi connectivity index (χ0v) is 11.7. The summed E-state index contributed by atoms with van der Waals surface area (Å²) >= 11 is 0. The second kappa shape index (κ2) is 5.89. The molecule has 1 aliphatic heterocycles. The van der Waals surface area contributed by atoms with Crippen molar-refractivity contribution in [1.29, 1.82) is 0 Å². The lowest BCUT2D eigenvalue weighted by atomic mass is 10.2. The van der Waals surface area contributed by atoms with Gasteiger partial charge in [-0.2, -0.15) is 5.10 Å². The minimum absolute atomic E-state index is 0.0165. The van der Waals surface area contributed by atoms with Gasteiger partial charge in [-0.3, -0.25) is 14.9 Å². The number of carbonyl (C=O) groups is 1. The Bertz CT molecular complexity index is 525. The Kier molecular flexibility index (Phi) is 4.21. The number of aryl methyl sites for hydroxylation is 2. The van der Waals surface area contributed by atoms with E-state index >= 15 is 0 Å². The van der Waals surface area contributed by atoms with E-state index in [9.17, 15) is 14.9 Å². The highest BCUT2D eigenvalue weighted by Crippen LogP contribution is 2.28. The van der Waals surface area contributed by atoms with Crippen LogP contribution in [-0.4, -0.2) is 33.2 Å². The lowest BCUT2D eigenvalue weighted by Crippen LogP contribution is -2.32.